The summed E-state index contributed by atoms with van der Waals surface area (Å²) in [6, 6.07) is 9.08. The van der Waals surface area contributed by atoms with Gasteiger partial charge in [0.15, 0.2) is 5.75 Å². The first-order valence-corrected chi connectivity index (χ1v) is 8.02. The van der Waals surface area contributed by atoms with Crippen molar-refractivity contribution in [2.45, 2.75) is 0 Å². The molecule has 24 heavy (non-hydrogen) atoms. The molecule has 0 unspecified atom stereocenters. The topological polar surface area (TPSA) is 78.4 Å². The average Bonchev–Trinajstić information content (AvgIpc) is 2.56. The van der Waals surface area contributed by atoms with Gasteiger partial charge in [0.25, 0.3) is 11.8 Å². The first kappa shape index (κ1) is 18.4. The molecule has 0 aliphatic rings. The lowest BCUT2D eigenvalue weighted by Gasteiger charge is -2.08. The van der Waals surface area contributed by atoms with Crippen molar-refractivity contribution in [3.63, 3.8) is 0 Å². The number of phenolic OH excluding ortho intramolecular Hbond substituents is 1. The number of amides is 2. The van der Waals surface area contributed by atoms with Gasteiger partial charge in [-0.05, 0) is 36.4 Å². The van der Waals surface area contributed by atoms with Gasteiger partial charge in [-0.15, -0.1) is 0 Å². The van der Waals surface area contributed by atoms with Crippen molar-refractivity contribution in [1.29, 1.82) is 0 Å². The van der Waals surface area contributed by atoms with Gasteiger partial charge in [-0.3, -0.25) is 9.59 Å². The van der Waals surface area contributed by atoms with Gasteiger partial charge in [0.2, 0.25) is 0 Å². The maximum atomic E-state index is 12.0. The molecule has 0 spiro atoms. The van der Waals surface area contributed by atoms with E-state index in [0.717, 1.165) is 0 Å². The Labute approximate surface area is 153 Å². The highest BCUT2D eigenvalue weighted by Crippen LogP contribution is 2.32. The number of aromatic hydroxyl groups is 1. The first-order valence-electron chi connectivity index (χ1n) is 6.88. The summed E-state index contributed by atoms with van der Waals surface area (Å²) in [4.78, 5) is 23.8. The number of halogens is 3. The average molecular weight is 388 g/mol. The van der Waals surface area contributed by atoms with E-state index in [2.05, 4.69) is 10.6 Å². The minimum absolute atomic E-state index is 0.0105. The Balaban J connectivity index is 1.83. The molecule has 0 fully saturated rings. The predicted molar refractivity (Wildman–Crippen MR) is 94.2 cm³/mol. The summed E-state index contributed by atoms with van der Waals surface area (Å²) in [5.74, 6) is -0.957. The molecule has 0 atom stereocenters. The highest BCUT2D eigenvalue weighted by atomic mass is 35.5. The minimum atomic E-state index is -0.417. The Morgan fingerprint density at radius 3 is 1.79 bits per heavy atom. The van der Waals surface area contributed by atoms with E-state index < -0.39 is 5.91 Å². The van der Waals surface area contributed by atoms with Crippen molar-refractivity contribution in [3.8, 4) is 5.75 Å². The molecule has 0 heterocycles. The number of rotatable bonds is 5. The zero-order chi connectivity index (χ0) is 17.7. The molecule has 2 rings (SSSR count). The molecule has 0 bridgehead atoms. The lowest BCUT2D eigenvalue weighted by molar-refractivity contribution is 0.0927. The molecular formula is C16H13Cl3N2O3. The number of phenols is 1. The number of hydrogen-bond acceptors (Lipinski definition) is 3. The van der Waals surface area contributed by atoms with Gasteiger partial charge in [0.1, 0.15) is 0 Å². The predicted octanol–water partition coefficient (Wildman–Crippen LogP) is 3.51. The third-order valence-corrected chi connectivity index (χ3v) is 3.91. The second-order valence-corrected chi connectivity index (χ2v) is 6.06. The van der Waals surface area contributed by atoms with Crippen LogP contribution in [0.1, 0.15) is 20.7 Å². The van der Waals surface area contributed by atoms with E-state index in [-0.39, 0.29) is 40.4 Å². The van der Waals surface area contributed by atoms with E-state index in [1.807, 2.05) is 0 Å². The standard InChI is InChI=1S/C16H13Cl3N2O3/c17-11-3-1-9(2-4-11)15(23)20-5-6-21-16(24)10-7-12(18)14(22)13(19)8-10/h1-4,7-8,22H,5-6H2,(H,20,23)(H,21,24). The van der Waals surface area contributed by atoms with E-state index in [1.165, 1.54) is 12.1 Å². The largest absolute Gasteiger partial charge is 0.505 e. The van der Waals surface area contributed by atoms with Crippen molar-refractivity contribution in [2.75, 3.05) is 13.1 Å². The fourth-order valence-electron chi connectivity index (χ4n) is 1.85. The van der Waals surface area contributed by atoms with E-state index in [0.29, 0.717) is 10.6 Å². The van der Waals surface area contributed by atoms with Gasteiger partial charge in [-0.2, -0.15) is 0 Å². The molecule has 0 aliphatic carbocycles. The van der Waals surface area contributed by atoms with Crippen molar-refractivity contribution in [1.82, 2.24) is 10.6 Å². The number of hydrogen-bond donors (Lipinski definition) is 3. The van der Waals surface area contributed by atoms with Crippen LogP contribution in [0, 0.1) is 0 Å². The number of carbonyl (C=O) groups is 2. The summed E-state index contributed by atoms with van der Waals surface area (Å²) in [6.45, 7) is 0.459. The molecule has 0 aliphatic heterocycles. The summed E-state index contributed by atoms with van der Waals surface area (Å²) in [5, 5.41) is 15.3. The molecule has 2 aromatic carbocycles. The molecule has 0 saturated carbocycles. The second-order valence-electron chi connectivity index (χ2n) is 4.81. The van der Waals surface area contributed by atoms with Crippen LogP contribution < -0.4 is 10.6 Å². The third kappa shape index (κ3) is 4.77. The number of carbonyl (C=O) groups excluding carboxylic acids is 2. The lowest BCUT2D eigenvalue weighted by Crippen LogP contribution is -2.34. The number of benzene rings is 2. The molecule has 0 aromatic heterocycles. The van der Waals surface area contributed by atoms with Crippen molar-refractivity contribution >= 4 is 46.6 Å². The molecule has 0 saturated heterocycles. The monoisotopic (exact) mass is 386 g/mol. The molecule has 3 N–H and O–H groups in total. The number of nitrogens with one attached hydrogen (secondary N) is 2. The Kier molecular flexibility index (Phi) is 6.31. The van der Waals surface area contributed by atoms with Crippen LogP contribution in [-0.4, -0.2) is 30.0 Å². The molecule has 126 valence electrons. The van der Waals surface area contributed by atoms with Gasteiger partial charge >= 0.3 is 0 Å². The normalized spacial score (nSPS) is 10.3. The highest BCUT2D eigenvalue weighted by molar-refractivity contribution is 6.37. The van der Waals surface area contributed by atoms with E-state index in [4.69, 9.17) is 34.8 Å². The molecular weight excluding hydrogens is 375 g/mol. The van der Waals surface area contributed by atoms with Gasteiger partial charge in [0, 0.05) is 29.2 Å². The smallest absolute Gasteiger partial charge is 0.251 e. The third-order valence-electron chi connectivity index (χ3n) is 3.08. The fourth-order valence-corrected chi connectivity index (χ4v) is 2.47. The van der Waals surface area contributed by atoms with E-state index >= 15 is 0 Å². The van der Waals surface area contributed by atoms with Crippen LogP contribution in [-0.2, 0) is 0 Å². The van der Waals surface area contributed by atoms with Crippen LogP contribution in [0.15, 0.2) is 36.4 Å². The van der Waals surface area contributed by atoms with E-state index in [1.54, 1.807) is 24.3 Å². The Bertz CT molecular complexity index is 741. The summed E-state index contributed by atoms with van der Waals surface area (Å²) >= 11 is 17.3. The molecule has 8 heteroatoms. The zero-order valence-electron chi connectivity index (χ0n) is 12.3. The highest BCUT2D eigenvalue weighted by Gasteiger charge is 2.12. The van der Waals surface area contributed by atoms with Gasteiger partial charge in [-0.1, -0.05) is 34.8 Å². The zero-order valence-corrected chi connectivity index (χ0v) is 14.5. The van der Waals surface area contributed by atoms with Gasteiger partial charge in [-0.25, -0.2) is 0 Å². The summed E-state index contributed by atoms with van der Waals surface area (Å²) in [7, 11) is 0. The molecule has 2 amide bonds. The summed E-state index contributed by atoms with van der Waals surface area (Å²) < 4.78 is 0. The van der Waals surface area contributed by atoms with E-state index in [9.17, 15) is 14.7 Å². The van der Waals surface area contributed by atoms with Crippen LogP contribution in [0.2, 0.25) is 15.1 Å². The van der Waals surface area contributed by atoms with Gasteiger partial charge in [0.05, 0.1) is 10.0 Å². The van der Waals surface area contributed by atoms with Crippen molar-refractivity contribution in [2.24, 2.45) is 0 Å². The Morgan fingerprint density at radius 2 is 1.29 bits per heavy atom. The summed E-state index contributed by atoms with van der Waals surface area (Å²) in [6.07, 6.45) is 0. The van der Waals surface area contributed by atoms with Crippen LogP contribution in [0.3, 0.4) is 0 Å². The van der Waals surface area contributed by atoms with Crippen LogP contribution >= 0.6 is 34.8 Å². The quantitative estimate of drug-likeness (QED) is 0.687. The maximum Gasteiger partial charge on any atom is 0.251 e. The molecule has 2 aromatic rings. The van der Waals surface area contributed by atoms with Crippen molar-refractivity contribution in [3.05, 3.63) is 62.6 Å². The fraction of sp³-hybridized carbons (Fsp3) is 0.125. The SMILES string of the molecule is O=C(NCCNC(=O)c1cc(Cl)c(O)c(Cl)c1)c1ccc(Cl)cc1. The minimum Gasteiger partial charge on any atom is -0.505 e. The van der Waals surface area contributed by atoms with Crippen LogP contribution in [0.5, 0.6) is 5.75 Å². The second kappa shape index (κ2) is 8.24. The molecule has 0 radical (unpaired) electrons. The van der Waals surface area contributed by atoms with Crippen LogP contribution in [0.4, 0.5) is 0 Å². The Morgan fingerprint density at radius 1 is 0.833 bits per heavy atom. The Hall–Kier alpha value is -1.95. The van der Waals surface area contributed by atoms with Crippen LogP contribution in [0.25, 0.3) is 0 Å². The van der Waals surface area contributed by atoms with Crippen molar-refractivity contribution < 1.29 is 14.7 Å². The maximum absolute atomic E-state index is 12.0. The summed E-state index contributed by atoms with van der Waals surface area (Å²) in [5.41, 5.74) is 0.689. The molecule has 5 nitrogen and oxygen atoms in total. The lowest BCUT2D eigenvalue weighted by atomic mass is 10.2. The first-order chi connectivity index (χ1) is 11.4. The van der Waals surface area contributed by atoms with Gasteiger partial charge < -0.3 is 15.7 Å².